The van der Waals surface area contributed by atoms with Crippen molar-refractivity contribution in [1.29, 1.82) is 5.26 Å². The molecule has 9 rings (SSSR count). The van der Waals surface area contributed by atoms with Gasteiger partial charge >= 0.3 is 0 Å². The van der Waals surface area contributed by atoms with E-state index in [0.29, 0.717) is 11.4 Å². The average Bonchev–Trinajstić information content (AvgIpc) is 3.60. The Balaban J connectivity index is 1.38. The topological polar surface area (TPSA) is 70.6 Å². The van der Waals surface area contributed by atoms with Crippen molar-refractivity contribution < 1.29 is 0 Å². The van der Waals surface area contributed by atoms with Crippen molar-refractivity contribution in [2.45, 2.75) is 64.8 Å². The number of anilines is 2. The lowest BCUT2D eigenvalue weighted by Gasteiger charge is -2.34. The second-order valence-electron chi connectivity index (χ2n) is 17.7. The standard InChI is InChI=1S/C54H48N6/c1-53(2,3)51-56-50(57-52(58-51)54(4,5)6)39-28-29-46(41(31-39)35-55)60-47-30-27-38(36-19-11-7-12-20-36)32-44(47)45-33-40(37-21-13-8-14-22-37)34-48(49(45)60)59(42-23-15-9-16-24-42)43-25-17-10-18-26-43/h7-25,27-34,43H,26H2,1-6H3. The lowest BCUT2D eigenvalue weighted by molar-refractivity contribution is 0.497. The summed E-state index contributed by atoms with van der Waals surface area (Å²) >= 11 is 0. The molecule has 0 saturated carbocycles. The van der Waals surface area contributed by atoms with E-state index in [0.717, 1.165) is 84.8 Å². The number of nitriles is 1. The molecule has 6 heteroatoms. The van der Waals surface area contributed by atoms with E-state index < -0.39 is 0 Å². The fraction of sp³-hybridized carbons (Fsp3) is 0.185. The number of hydrogen-bond donors (Lipinski definition) is 0. The lowest BCUT2D eigenvalue weighted by Crippen LogP contribution is -2.30. The molecule has 1 unspecified atom stereocenters. The molecule has 0 radical (unpaired) electrons. The summed E-state index contributed by atoms with van der Waals surface area (Å²) in [5.41, 5.74) is 10.2. The van der Waals surface area contributed by atoms with E-state index in [1.807, 2.05) is 6.07 Å². The Hall–Kier alpha value is -7.10. The summed E-state index contributed by atoms with van der Waals surface area (Å²) < 4.78 is 2.30. The van der Waals surface area contributed by atoms with Crippen LogP contribution in [0.15, 0.2) is 164 Å². The van der Waals surface area contributed by atoms with Gasteiger partial charge in [-0.05, 0) is 83.3 Å². The molecule has 1 atom stereocenters. The minimum atomic E-state index is -0.291. The molecule has 0 N–H and O–H groups in total. The number of nitrogens with zero attached hydrogens (tertiary/aromatic N) is 6. The Morgan fingerprint density at radius 3 is 1.80 bits per heavy atom. The predicted molar refractivity (Wildman–Crippen MR) is 248 cm³/mol. The number of aromatic nitrogens is 4. The molecule has 0 spiro atoms. The molecule has 2 aromatic heterocycles. The Morgan fingerprint density at radius 2 is 1.20 bits per heavy atom. The van der Waals surface area contributed by atoms with Crippen molar-refractivity contribution in [2.75, 3.05) is 4.90 Å². The van der Waals surface area contributed by atoms with Gasteiger partial charge in [0.15, 0.2) is 5.82 Å². The van der Waals surface area contributed by atoms with Crippen molar-refractivity contribution >= 4 is 33.2 Å². The van der Waals surface area contributed by atoms with Crippen LogP contribution in [0.3, 0.4) is 0 Å². The molecule has 0 amide bonds. The van der Waals surface area contributed by atoms with E-state index in [-0.39, 0.29) is 16.9 Å². The Bertz CT molecular complexity index is 2940. The normalized spacial score (nSPS) is 14.1. The van der Waals surface area contributed by atoms with E-state index in [1.165, 1.54) is 0 Å². The largest absolute Gasteiger partial charge is 0.332 e. The van der Waals surface area contributed by atoms with Crippen LogP contribution in [-0.4, -0.2) is 25.6 Å². The highest BCUT2D eigenvalue weighted by Gasteiger charge is 2.29. The number of para-hydroxylation sites is 1. The molecule has 8 aromatic rings. The summed E-state index contributed by atoms with van der Waals surface area (Å²) in [5, 5.41) is 13.3. The van der Waals surface area contributed by atoms with Crippen LogP contribution in [0.1, 0.15) is 65.2 Å². The summed E-state index contributed by atoms with van der Waals surface area (Å²) in [5.74, 6) is 2.02. The molecule has 0 bridgehead atoms. The van der Waals surface area contributed by atoms with Gasteiger partial charge in [0.05, 0.1) is 34.0 Å². The highest BCUT2D eigenvalue weighted by molar-refractivity contribution is 6.16. The summed E-state index contributed by atoms with van der Waals surface area (Å²) in [6, 6.07) is 51.9. The average molecular weight is 781 g/mol. The third-order valence-corrected chi connectivity index (χ3v) is 11.2. The molecule has 294 valence electrons. The Kier molecular flexibility index (Phi) is 9.77. The van der Waals surface area contributed by atoms with Crippen LogP contribution in [0.2, 0.25) is 0 Å². The lowest BCUT2D eigenvalue weighted by atomic mass is 9.93. The van der Waals surface area contributed by atoms with Crippen molar-refractivity contribution in [3.8, 4) is 45.4 Å². The predicted octanol–water partition coefficient (Wildman–Crippen LogP) is 13.5. The van der Waals surface area contributed by atoms with E-state index in [2.05, 4.69) is 215 Å². The molecule has 6 aromatic carbocycles. The molecule has 0 saturated heterocycles. The van der Waals surface area contributed by atoms with Crippen molar-refractivity contribution in [3.05, 3.63) is 181 Å². The van der Waals surface area contributed by atoms with Gasteiger partial charge in [-0.3, -0.25) is 0 Å². The monoisotopic (exact) mass is 780 g/mol. The highest BCUT2D eigenvalue weighted by atomic mass is 15.2. The fourth-order valence-corrected chi connectivity index (χ4v) is 8.16. The van der Waals surface area contributed by atoms with Crippen LogP contribution in [0.4, 0.5) is 11.4 Å². The summed E-state index contributed by atoms with van der Waals surface area (Å²) in [6.07, 6.45) is 9.65. The SMILES string of the molecule is CC(C)(C)c1nc(-c2ccc(-n3c4ccc(-c5ccccc5)cc4c4cc(-c5ccccc5)cc(N(c5ccccc5)C5C=CC=CC5)c43)c(C#N)c2)nc(C(C)(C)C)n1. The van der Waals surface area contributed by atoms with Crippen LogP contribution in [0.5, 0.6) is 0 Å². The van der Waals surface area contributed by atoms with Crippen LogP contribution in [0, 0.1) is 11.3 Å². The van der Waals surface area contributed by atoms with E-state index in [9.17, 15) is 5.26 Å². The van der Waals surface area contributed by atoms with Gasteiger partial charge in [-0.1, -0.05) is 151 Å². The Labute approximate surface area is 352 Å². The maximum absolute atomic E-state index is 11.1. The minimum absolute atomic E-state index is 0.0497. The molecular formula is C54H48N6. The third kappa shape index (κ3) is 7.18. The minimum Gasteiger partial charge on any atom is -0.332 e. The molecule has 1 aliphatic rings. The summed E-state index contributed by atoms with van der Waals surface area (Å²) in [7, 11) is 0. The quantitative estimate of drug-likeness (QED) is 0.161. The summed E-state index contributed by atoms with van der Waals surface area (Å²) in [6.45, 7) is 12.7. The van der Waals surface area contributed by atoms with Crippen LogP contribution < -0.4 is 4.90 Å². The van der Waals surface area contributed by atoms with Crippen LogP contribution in [-0.2, 0) is 10.8 Å². The van der Waals surface area contributed by atoms with Crippen LogP contribution >= 0.6 is 0 Å². The van der Waals surface area contributed by atoms with E-state index in [4.69, 9.17) is 15.0 Å². The van der Waals surface area contributed by atoms with Crippen LogP contribution in [0.25, 0.3) is 61.1 Å². The molecule has 0 aliphatic heterocycles. The van der Waals surface area contributed by atoms with Gasteiger partial charge in [-0.25, -0.2) is 15.0 Å². The maximum atomic E-state index is 11.1. The smallest absolute Gasteiger partial charge is 0.163 e. The molecular weight excluding hydrogens is 733 g/mol. The highest BCUT2D eigenvalue weighted by Crippen LogP contribution is 2.46. The number of allylic oxidation sites excluding steroid dienone is 2. The Morgan fingerprint density at radius 1 is 0.600 bits per heavy atom. The molecule has 2 heterocycles. The van der Waals surface area contributed by atoms with Gasteiger partial charge in [-0.15, -0.1) is 0 Å². The van der Waals surface area contributed by atoms with Gasteiger partial charge in [0.25, 0.3) is 0 Å². The molecule has 1 aliphatic carbocycles. The first-order valence-corrected chi connectivity index (χ1v) is 20.7. The van der Waals surface area contributed by atoms with Crippen molar-refractivity contribution in [1.82, 2.24) is 19.5 Å². The molecule has 6 nitrogen and oxygen atoms in total. The third-order valence-electron chi connectivity index (χ3n) is 11.2. The fourth-order valence-electron chi connectivity index (χ4n) is 8.16. The zero-order valence-corrected chi connectivity index (χ0v) is 35.1. The second-order valence-corrected chi connectivity index (χ2v) is 17.7. The maximum Gasteiger partial charge on any atom is 0.163 e. The number of fused-ring (bicyclic) bond motifs is 3. The number of hydrogen-bond acceptors (Lipinski definition) is 5. The molecule has 0 fully saturated rings. The second kappa shape index (κ2) is 15.3. The number of rotatable bonds is 7. The van der Waals surface area contributed by atoms with E-state index >= 15 is 0 Å². The summed E-state index contributed by atoms with van der Waals surface area (Å²) in [4.78, 5) is 17.4. The van der Waals surface area contributed by atoms with Gasteiger partial charge in [0.1, 0.15) is 17.7 Å². The first-order chi connectivity index (χ1) is 29.0. The van der Waals surface area contributed by atoms with E-state index in [1.54, 1.807) is 0 Å². The van der Waals surface area contributed by atoms with Gasteiger partial charge in [-0.2, -0.15) is 5.26 Å². The van der Waals surface area contributed by atoms with Crippen molar-refractivity contribution in [3.63, 3.8) is 0 Å². The van der Waals surface area contributed by atoms with Gasteiger partial charge < -0.3 is 9.47 Å². The molecule has 60 heavy (non-hydrogen) atoms. The van der Waals surface area contributed by atoms with Crippen molar-refractivity contribution in [2.24, 2.45) is 0 Å². The zero-order chi connectivity index (χ0) is 41.6. The first kappa shape index (κ1) is 38.4. The van der Waals surface area contributed by atoms with Gasteiger partial charge in [0, 0.05) is 32.9 Å². The first-order valence-electron chi connectivity index (χ1n) is 20.7. The zero-order valence-electron chi connectivity index (χ0n) is 35.1. The van der Waals surface area contributed by atoms with Gasteiger partial charge in [0.2, 0.25) is 0 Å². The number of benzene rings is 6.